The SMILES string of the molecule is CC=CC=CC(O)=C1C(=O)[C@](C)(O)C(=O)C(C)=C1O. The zero-order valence-electron chi connectivity index (χ0n) is 11.0. The molecular weight excluding hydrogens is 248 g/mol. The van der Waals surface area contributed by atoms with Crippen molar-refractivity contribution < 1.29 is 24.9 Å². The Morgan fingerprint density at radius 1 is 1.21 bits per heavy atom. The van der Waals surface area contributed by atoms with E-state index in [4.69, 9.17) is 0 Å². The lowest BCUT2D eigenvalue weighted by molar-refractivity contribution is -0.145. The molecule has 0 aromatic carbocycles. The lowest BCUT2D eigenvalue weighted by Crippen LogP contribution is -2.48. The Morgan fingerprint density at radius 3 is 2.32 bits per heavy atom. The van der Waals surface area contributed by atoms with Crippen molar-refractivity contribution in [1.29, 1.82) is 0 Å². The molecule has 0 aromatic rings. The van der Waals surface area contributed by atoms with E-state index in [0.717, 1.165) is 6.92 Å². The van der Waals surface area contributed by atoms with Crippen molar-refractivity contribution in [2.24, 2.45) is 0 Å². The first-order valence-electron chi connectivity index (χ1n) is 5.70. The smallest absolute Gasteiger partial charge is 0.209 e. The molecule has 0 saturated heterocycles. The summed E-state index contributed by atoms with van der Waals surface area (Å²) >= 11 is 0. The Balaban J connectivity index is 3.46. The highest BCUT2D eigenvalue weighted by molar-refractivity contribution is 6.26. The maximum absolute atomic E-state index is 12.0. The molecule has 3 N–H and O–H groups in total. The third kappa shape index (κ3) is 2.51. The minimum Gasteiger partial charge on any atom is -0.507 e. The predicted octanol–water partition coefficient (Wildman–Crippen LogP) is 1.67. The maximum Gasteiger partial charge on any atom is 0.209 e. The van der Waals surface area contributed by atoms with Gasteiger partial charge in [0.15, 0.2) is 5.60 Å². The van der Waals surface area contributed by atoms with Crippen LogP contribution in [-0.2, 0) is 9.59 Å². The third-order valence-corrected chi connectivity index (χ3v) is 2.86. The van der Waals surface area contributed by atoms with Crippen molar-refractivity contribution in [3.05, 3.63) is 47.0 Å². The van der Waals surface area contributed by atoms with Gasteiger partial charge in [-0.25, -0.2) is 0 Å². The summed E-state index contributed by atoms with van der Waals surface area (Å²) in [7, 11) is 0. The molecule has 0 saturated carbocycles. The van der Waals surface area contributed by atoms with E-state index in [1.54, 1.807) is 19.1 Å². The van der Waals surface area contributed by atoms with E-state index in [1.807, 2.05) is 0 Å². The molecule has 0 fully saturated rings. The third-order valence-electron chi connectivity index (χ3n) is 2.86. The van der Waals surface area contributed by atoms with Gasteiger partial charge < -0.3 is 15.3 Å². The van der Waals surface area contributed by atoms with Crippen LogP contribution < -0.4 is 0 Å². The van der Waals surface area contributed by atoms with Gasteiger partial charge in [-0.05, 0) is 26.8 Å². The number of aliphatic hydroxyl groups is 3. The quantitative estimate of drug-likeness (QED) is 0.305. The highest BCUT2D eigenvalue weighted by Gasteiger charge is 2.48. The molecule has 0 amide bonds. The number of hydrogen-bond donors (Lipinski definition) is 3. The largest absolute Gasteiger partial charge is 0.507 e. The lowest BCUT2D eigenvalue weighted by atomic mass is 9.79. The van der Waals surface area contributed by atoms with Crippen LogP contribution in [0.3, 0.4) is 0 Å². The van der Waals surface area contributed by atoms with Gasteiger partial charge in [-0.1, -0.05) is 18.2 Å². The van der Waals surface area contributed by atoms with E-state index in [1.165, 1.54) is 19.1 Å². The van der Waals surface area contributed by atoms with Gasteiger partial charge in [-0.3, -0.25) is 9.59 Å². The van der Waals surface area contributed by atoms with Gasteiger partial charge in [0.25, 0.3) is 0 Å². The van der Waals surface area contributed by atoms with Crippen molar-refractivity contribution in [3.8, 4) is 0 Å². The maximum atomic E-state index is 12.0. The van der Waals surface area contributed by atoms with Crippen molar-refractivity contribution in [1.82, 2.24) is 0 Å². The molecule has 5 heteroatoms. The van der Waals surface area contributed by atoms with E-state index < -0.39 is 34.3 Å². The molecule has 102 valence electrons. The highest BCUT2D eigenvalue weighted by Crippen LogP contribution is 2.31. The first-order chi connectivity index (χ1) is 8.75. The molecule has 19 heavy (non-hydrogen) atoms. The number of carbonyl (C=O) groups excluding carboxylic acids is 2. The van der Waals surface area contributed by atoms with E-state index in [0.29, 0.717) is 0 Å². The van der Waals surface area contributed by atoms with Crippen LogP contribution in [0.1, 0.15) is 20.8 Å². The Bertz CT molecular complexity index is 544. The molecule has 0 spiro atoms. The van der Waals surface area contributed by atoms with Crippen LogP contribution in [0.15, 0.2) is 47.0 Å². The van der Waals surface area contributed by atoms with Gasteiger partial charge in [-0.2, -0.15) is 0 Å². The molecule has 5 nitrogen and oxygen atoms in total. The fraction of sp³-hybridized carbons (Fsp3) is 0.286. The molecular formula is C14H16O5. The Hall–Kier alpha value is -2.14. The number of aliphatic hydroxyl groups excluding tert-OH is 2. The predicted molar refractivity (Wildman–Crippen MR) is 69.6 cm³/mol. The lowest BCUT2D eigenvalue weighted by Gasteiger charge is -2.27. The Morgan fingerprint density at radius 2 is 1.79 bits per heavy atom. The molecule has 1 rings (SSSR count). The van der Waals surface area contributed by atoms with E-state index in [-0.39, 0.29) is 5.57 Å². The molecule has 1 aliphatic rings. The topological polar surface area (TPSA) is 94.8 Å². The van der Waals surface area contributed by atoms with Crippen LogP contribution >= 0.6 is 0 Å². The number of Topliss-reactive ketones (excluding diaryl/α,β-unsaturated/α-hetero) is 2. The van der Waals surface area contributed by atoms with Crippen molar-refractivity contribution in [2.45, 2.75) is 26.4 Å². The van der Waals surface area contributed by atoms with Crippen LogP contribution in [0.2, 0.25) is 0 Å². The summed E-state index contributed by atoms with van der Waals surface area (Å²) in [6.45, 7) is 4.09. The summed E-state index contributed by atoms with van der Waals surface area (Å²) in [4.78, 5) is 23.6. The fourth-order valence-electron chi connectivity index (χ4n) is 1.69. The molecule has 0 unspecified atom stereocenters. The normalized spacial score (nSPS) is 27.8. The average Bonchev–Trinajstić information content (AvgIpc) is 2.35. The van der Waals surface area contributed by atoms with Crippen molar-refractivity contribution >= 4 is 11.6 Å². The van der Waals surface area contributed by atoms with Crippen LogP contribution in [0.4, 0.5) is 0 Å². The Labute approximate surface area is 110 Å². The number of ketones is 2. The second-order valence-electron chi connectivity index (χ2n) is 4.35. The zero-order valence-corrected chi connectivity index (χ0v) is 11.0. The Kier molecular flexibility index (Phi) is 4.11. The van der Waals surface area contributed by atoms with Gasteiger partial charge >= 0.3 is 0 Å². The highest BCUT2D eigenvalue weighted by atomic mass is 16.3. The molecule has 0 heterocycles. The number of hydrogen-bond acceptors (Lipinski definition) is 5. The number of rotatable bonds is 2. The van der Waals surface area contributed by atoms with E-state index in [9.17, 15) is 24.9 Å². The molecule has 1 aliphatic carbocycles. The monoisotopic (exact) mass is 264 g/mol. The van der Waals surface area contributed by atoms with Gasteiger partial charge in [0.2, 0.25) is 11.6 Å². The second-order valence-corrected chi connectivity index (χ2v) is 4.35. The van der Waals surface area contributed by atoms with Crippen LogP contribution in [0.25, 0.3) is 0 Å². The molecule has 0 aliphatic heterocycles. The minimum atomic E-state index is -2.27. The zero-order chi connectivity index (χ0) is 14.8. The van der Waals surface area contributed by atoms with E-state index >= 15 is 0 Å². The van der Waals surface area contributed by atoms with Gasteiger partial charge in [0.05, 0.1) is 0 Å². The summed E-state index contributed by atoms with van der Waals surface area (Å²) in [6.07, 6.45) is 5.98. The van der Waals surface area contributed by atoms with Crippen LogP contribution in [0, 0.1) is 0 Å². The van der Waals surface area contributed by atoms with E-state index in [2.05, 4.69) is 0 Å². The summed E-state index contributed by atoms with van der Waals surface area (Å²) in [5.74, 6) is -3.01. The first kappa shape index (κ1) is 14.9. The second kappa shape index (κ2) is 5.24. The van der Waals surface area contributed by atoms with Gasteiger partial charge in [-0.15, -0.1) is 0 Å². The molecule has 0 bridgehead atoms. The molecule has 1 atom stereocenters. The molecule has 0 aromatic heterocycles. The standard InChI is InChI=1S/C14H16O5/c1-4-5-6-7-9(15)10-11(16)8(2)12(17)14(3,19)13(10)18/h4-7,15-16,19H,1-3H3/t14-/m1/s1. The first-order valence-corrected chi connectivity index (χ1v) is 5.70. The summed E-state index contributed by atoms with van der Waals surface area (Å²) in [6, 6.07) is 0. The average molecular weight is 264 g/mol. The number of carbonyl (C=O) groups is 2. The summed E-state index contributed by atoms with van der Waals surface area (Å²) < 4.78 is 0. The van der Waals surface area contributed by atoms with Crippen molar-refractivity contribution in [3.63, 3.8) is 0 Å². The minimum absolute atomic E-state index is 0.161. The summed E-state index contributed by atoms with van der Waals surface area (Å²) in [5.41, 5.74) is -2.89. The molecule has 0 radical (unpaired) electrons. The van der Waals surface area contributed by atoms with Gasteiger partial charge in [0.1, 0.15) is 17.1 Å². The summed E-state index contributed by atoms with van der Waals surface area (Å²) in [5, 5.41) is 29.5. The number of allylic oxidation sites excluding steroid dienone is 5. The van der Waals surface area contributed by atoms with Crippen molar-refractivity contribution in [2.75, 3.05) is 0 Å². The fourth-order valence-corrected chi connectivity index (χ4v) is 1.69. The van der Waals surface area contributed by atoms with Crippen LogP contribution in [0.5, 0.6) is 0 Å². The van der Waals surface area contributed by atoms with Gasteiger partial charge in [0, 0.05) is 5.57 Å². The van der Waals surface area contributed by atoms with Crippen LogP contribution in [-0.4, -0.2) is 32.5 Å².